The van der Waals surface area contributed by atoms with Crippen LogP contribution in [0, 0.1) is 6.92 Å². The topological polar surface area (TPSA) is 54.6 Å². The number of aryl methyl sites for hydroxylation is 1. The van der Waals surface area contributed by atoms with E-state index in [1.54, 1.807) is 0 Å². The molecule has 1 aliphatic rings. The van der Waals surface area contributed by atoms with E-state index in [0.717, 1.165) is 35.9 Å². The van der Waals surface area contributed by atoms with Crippen LogP contribution in [-0.4, -0.2) is 32.0 Å². The van der Waals surface area contributed by atoms with Crippen LogP contribution in [0.15, 0.2) is 18.2 Å². The lowest BCUT2D eigenvalue weighted by Gasteiger charge is -2.20. The molecule has 4 nitrogen and oxygen atoms in total. The summed E-state index contributed by atoms with van der Waals surface area (Å²) in [5.74, 6) is 2.62. The third kappa shape index (κ3) is 2.12. The van der Waals surface area contributed by atoms with E-state index in [1.165, 1.54) is 0 Å². The lowest BCUT2D eigenvalue weighted by Crippen LogP contribution is -2.12. The van der Waals surface area contributed by atoms with Gasteiger partial charge in [0.25, 0.3) is 0 Å². The van der Waals surface area contributed by atoms with Crippen molar-refractivity contribution in [3.8, 4) is 0 Å². The number of carbonyl (C=O) groups is 1. The minimum absolute atomic E-state index is 0.178. The first kappa shape index (κ1) is 12.5. The van der Waals surface area contributed by atoms with Gasteiger partial charge in [0, 0.05) is 11.6 Å². The van der Waals surface area contributed by atoms with Crippen LogP contribution in [0.3, 0.4) is 0 Å². The fourth-order valence-corrected chi connectivity index (χ4v) is 3.82. The Balaban J connectivity index is 2.20. The Bertz CT molecular complexity index is 630. The lowest BCUT2D eigenvalue weighted by molar-refractivity contribution is 0.0693. The molecule has 0 saturated carbocycles. The number of hydrogen-bond acceptors (Lipinski definition) is 3. The number of imidazole rings is 1. The van der Waals surface area contributed by atoms with E-state index in [0.29, 0.717) is 11.4 Å². The summed E-state index contributed by atoms with van der Waals surface area (Å²) in [5, 5.41) is 9.31. The average molecular weight is 276 g/mol. The van der Waals surface area contributed by atoms with Gasteiger partial charge in [-0.25, -0.2) is 9.78 Å². The standard InChI is InChI=1S/C14H16N2O2S/c1-9-3-2-4-11-12(14(17)18)15-13(16(9)11)10-5-7-19-8-6-10/h2-4,10H,5-8H2,1H3,(H,17,18). The van der Waals surface area contributed by atoms with E-state index >= 15 is 0 Å². The molecule has 0 aliphatic carbocycles. The van der Waals surface area contributed by atoms with Crippen molar-refractivity contribution in [3.05, 3.63) is 35.4 Å². The zero-order chi connectivity index (χ0) is 13.4. The average Bonchev–Trinajstić information content (AvgIpc) is 2.81. The van der Waals surface area contributed by atoms with Gasteiger partial charge in [-0.05, 0) is 43.4 Å². The molecule has 0 aromatic carbocycles. The molecule has 100 valence electrons. The molecular weight excluding hydrogens is 260 g/mol. The summed E-state index contributed by atoms with van der Waals surface area (Å²) in [5.41, 5.74) is 1.93. The summed E-state index contributed by atoms with van der Waals surface area (Å²) in [4.78, 5) is 15.8. The summed E-state index contributed by atoms with van der Waals surface area (Å²) < 4.78 is 2.02. The number of fused-ring (bicyclic) bond motifs is 1. The lowest BCUT2D eigenvalue weighted by atomic mass is 10.0. The van der Waals surface area contributed by atoms with Gasteiger partial charge in [-0.3, -0.25) is 4.40 Å². The smallest absolute Gasteiger partial charge is 0.356 e. The molecule has 2 aromatic rings. The second-order valence-electron chi connectivity index (χ2n) is 4.90. The fourth-order valence-electron chi connectivity index (χ4n) is 2.72. The highest BCUT2D eigenvalue weighted by Gasteiger charge is 2.25. The van der Waals surface area contributed by atoms with Crippen molar-refractivity contribution in [2.45, 2.75) is 25.7 Å². The SMILES string of the molecule is Cc1cccc2c(C(=O)O)nc(C3CCSCC3)n12. The van der Waals surface area contributed by atoms with Crippen molar-refractivity contribution < 1.29 is 9.90 Å². The van der Waals surface area contributed by atoms with Gasteiger partial charge in [-0.15, -0.1) is 0 Å². The molecule has 3 rings (SSSR count). The van der Waals surface area contributed by atoms with Crippen molar-refractivity contribution in [1.29, 1.82) is 0 Å². The Morgan fingerprint density at radius 3 is 2.84 bits per heavy atom. The van der Waals surface area contributed by atoms with Crippen molar-refractivity contribution >= 4 is 23.2 Å². The molecule has 5 heteroatoms. The summed E-state index contributed by atoms with van der Waals surface area (Å²) in [6.45, 7) is 2.00. The van der Waals surface area contributed by atoms with Crippen LogP contribution in [0.2, 0.25) is 0 Å². The predicted molar refractivity (Wildman–Crippen MR) is 76.2 cm³/mol. The first-order valence-corrected chi connectivity index (χ1v) is 7.63. The summed E-state index contributed by atoms with van der Waals surface area (Å²) >= 11 is 1.96. The number of rotatable bonds is 2. The Morgan fingerprint density at radius 1 is 1.42 bits per heavy atom. The second-order valence-corrected chi connectivity index (χ2v) is 6.12. The summed E-state index contributed by atoms with van der Waals surface area (Å²) in [6.07, 6.45) is 2.16. The second kappa shape index (κ2) is 4.89. The van der Waals surface area contributed by atoms with Crippen LogP contribution in [-0.2, 0) is 0 Å². The Kier molecular flexibility index (Phi) is 3.22. The van der Waals surface area contributed by atoms with E-state index < -0.39 is 5.97 Å². The zero-order valence-electron chi connectivity index (χ0n) is 10.8. The molecule has 0 spiro atoms. The van der Waals surface area contributed by atoms with Gasteiger partial charge < -0.3 is 5.11 Å². The van der Waals surface area contributed by atoms with E-state index in [9.17, 15) is 9.90 Å². The van der Waals surface area contributed by atoms with Gasteiger partial charge in [0.05, 0.1) is 5.52 Å². The van der Waals surface area contributed by atoms with Crippen molar-refractivity contribution in [3.63, 3.8) is 0 Å². The maximum absolute atomic E-state index is 11.3. The van der Waals surface area contributed by atoms with Crippen LogP contribution in [0.5, 0.6) is 0 Å². The van der Waals surface area contributed by atoms with Gasteiger partial charge in [0.1, 0.15) is 5.82 Å². The Labute approximate surface area is 115 Å². The van der Waals surface area contributed by atoms with Gasteiger partial charge in [0.15, 0.2) is 5.69 Å². The van der Waals surface area contributed by atoms with Gasteiger partial charge >= 0.3 is 5.97 Å². The molecule has 0 unspecified atom stereocenters. The van der Waals surface area contributed by atoms with Crippen molar-refractivity contribution in [2.75, 3.05) is 11.5 Å². The van der Waals surface area contributed by atoms with Crippen molar-refractivity contribution in [1.82, 2.24) is 9.38 Å². The molecule has 1 aliphatic heterocycles. The van der Waals surface area contributed by atoms with E-state index in [4.69, 9.17) is 0 Å². The largest absolute Gasteiger partial charge is 0.476 e. The molecule has 0 bridgehead atoms. The third-order valence-electron chi connectivity index (χ3n) is 3.67. The van der Waals surface area contributed by atoms with Gasteiger partial charge in [-0.2, -0.15) is 11.8 Å². The van der Waals surface area contributed by atoms with Crippen LogP contribution < -0.4 is 0 Å². The van der Waals surface area contributed by atoms with Crippen molar-refractivity contribution in [2.24, 2.45) is 0 Å². The number of thioether (sulfide) groups is 1. The normalized spacial score (nSPS) is 16.9. The molecule has 0 atom stereocenters. The summed E-state index contributed by atoms with van der Waals surface area (Å²) in [6, 6.07) is 5.73. The van der Waals surface area contributed by atoms with E-state index in [2.05, 4.69) is 4.98 Å². The van der Waals surface area contributed by atoms with Gasteiger partial charge in [0.2, 0.25) is 0 Å². The molecule has 1 saturated heterocycles. The molecule has 1 N–H and O–H groups in total. The summed E-state index contributed by atoms with van der Waals surface area (Å²) in [7, 11) is 0. The molecule has 3 heterocycles. The maximum Gasteiger partial charge on any atom is 0.356 e. The Hall–Kier alpha value is -1.49. The molecule has 19 heavy (non-hydrogen) atoms. The van der Waals surface area contributed by atoms with Crippen LogP contribution in [0.4, 0.5) is 0 Å². The van der Waals surface area contributed by atoms with Gasteiger partial charge in [-0.1, -0.05) is 6.07 Å². The molecule has 2 aromatic heterocycles. The number of hydrogen-bond donors (Lipinski definition) is 1. The highest BCUT2D eigenvalue weighted by Crippen LogP contribution is 2.32. The van der Waals surface area contributed by atoms with Crippen LogP contribution in [0.1, 0.15) is 40.8 Å². The highest BCUT2D eigenvalue weighted by atomic mass is 32.2. The number of aromatic nitrogens is 2. The first-order chi connectivity index (χ1) is 9.18. The van der Waals surface area contributed by atoms with E-state index in [-0.39, 0.29) is 5.69 Å². The maximum atomic E-state index is 11.3. The number of nitrogens with zero attached hydrogens (tertiary/aromatic N) is 2. The molecule has 1 fully saturated rings. The van der Waals surface area contributed by atoms with Crippen LogP contribution in [0.25, 0.3) is 5.52 Å². The predicted octanol–water partition coefficient (Wildman–Crippen LogP) is 2.95. The Morgan fingerprint density at radius 2 is 2.16 bits per heavy atom. The number of carboxylic acid groups (broad SMARTS) is 1. The molecular formula is C14H16N2O2S. The minimum atomic E-state index is -0.945. The number of carboxylic acids is 1. The number of aromatic carboxylic acids is 1. The highest BCUT2D eigenvalue weighted by molar-refractivity contribution is 7.99. The molecule has 0 amide bonds. The fraction of sp³-hybridized carbons (Fsp3) is 0.429. The van der Waals surface area contributed by atoms with E-state index in [1.807, 2.05) is 41.3 Å². The number of pyridine rings is 1. The zero-order valence-corrected chi connectivity index (χ0v) is 11.6. The first-order valence-electron chi connectivity index (χ1n) is 6.47. The minimum Gasteiger partial charge on any atom is -0.476 e. The third-order valence-corrected chi connectivity index (χ3v) is 4.72. The monoisotopic (exact) mass is 276 g/mol. The van der Waals surface area contributed by atoms with Crippen LogP contribution >= 0.6 is 11.8 Å². The quantitative estimate of drug-likeness (QED) is 0.916. The molecule has 0 radical (unpaired) electrons.